The molecule has 0 radical (unpaired) electrons. The van der Waals surface area contributed by atoms with Crippen molar-refractivity contribution in [1.82, 2.24) is 9.88 Å². The molecule has 3 rings (SSSR count). The van der Waals surface area contributed by atoms with Crippen LogP contribution in [0.3, 0.4) is 0 Å². The lowest BCUT2D eigenvalue weighted by atomic mass is 9.92. The van der Waals surface area contributed by atoms with Crippen LogP contribution >= 0.6 is 23.1 Å². The number of carboxylic acids is 1. The summed E-state index contributed by atoms with van der Waals surface area (Å²) in [6, 6.07) is 0.846. The van der Waals surface area contributed by atoms with Gasteiger partial charge in [0.1, 0.15) is 5.01 Å². The molecule has 1 heterocycles. The van der Waals surface area contributed by atoms with Gasteiger partial charge < -0.3 is 10.0 Å². The van der Waals surface area contributed by atoms with E-state index in [1.54, 1.807) is 6.20 Å². The third kappa shape index (κ3) is 5.46. The second kappa shape index (κ2) is 9.74. The number of thiazole rings is 1. The minimum absolute atomic E-state index is 0.147. The zero-order chi connectivity index (χ0) is 18.4. The molecular formula is C19H28N2O3S2. The molecule has 0 aliphatic heterocycles. The molecule has 0 atom stereocenters. The van der Waals surface area contributed by atoms with E-state index in [2.05, 4.69) is 9.88 Å². The molecule has 5 nitrogen and oxygen atoms in total. The van der Waals surface area contributed by atoms with E-state index in [1.807, 2.05) is 0 Å². The predicted molar refractivity (Wildman–Crippen MR) is 105 cm³/mol. The van der Waals surface area contributed by atoms with Crippen LogP contribution < -0.4 is 0 Å². The summed E-state index contributed by atoms with van der Waals surface area (Å²) in [5.74, 6) is -0.00129. The van der Waals surface area contributed by atoms with Gasteiger partial charge in [-0.3, -0.25) is 9.59 Å². The highest BCUT2D eigenvalue weighted by atomic mass is 32.2. The summed E-state index contributed by atoms with van der Waals surface area (Å²) in [4.78, 5) is 30.4. The minimum atomic E-state index is -0.780. The lowest BCUT2D eigenvalue weighted by molar-refractivity contribution is -0.137. The first-order chi connectivity index (χ1) is 12.6. The monoisotopic (exact) mass is 396 g/mol. The van der Waals surface area contributed by atoms with Crippen LogP contribution in [0.4, 0.5) is 0 Å². The van der Waals surface area contributed by atoms with Crippen molar-refractivity contribution in [1.29, 1.82) is 0 Å². The molecule has 26 heavy (non-hydrogen) atoms. The van der Waals surface area contributed by atoms with Gasteiger partial charge in [-0.15, -0.1) is 23.1 Å². The molecule has 1 aromatic heterocycles. The first-order valence-electron chi connectivity index (χ1n) is 9.74. The van der Waals surface area contributed by atoms with Gasteiger partial charge in [0, 0.05) is 17.8 Å². The number of carbonyl (C=O) groups excluding carboxylic acids is 1. The van der Waals surface area contributed by atoms with Crippen molar-refractivity contribution in [2.45, 2.75) is 86.9 Å². The highest BCUT2D eigenvalue weighted by Gasteiger charge is 2.33. The van der Waals surface area contributed by atoms with Gasteiger partial charge in [-0.05, 0) is 25.7 Å². The van der Waals surface area contributed by atoms with Crippen LogP contribution in [0.2, 0.25) is 0 Å². The Morgan fingerprint density at radius 1 is 1.12 bits per heavy atom. The number of rotatable bonds is 8. The topological polar surface area (TPSA) is 70.5 Å². The van der Waals surface area contributed by atoms with Crippen molar-refractivity contribution in [3.8, 4) is 0 Å². The van der Waals surface area contributed by atoms with Crippen molar-refractivity contribution < 1.29 is 14.7 Å². The molecule has 7 heteroatoms. The second-order valence-electron chi connectivity index (χ2n) is 7.27. The van der Waals surface area contributed by atoms with Crippen LogP contribution in [-0.2, 0) is 16.0 Å². The largest absolute Gasteiger partial charge is 0.481 e. The van der Waals surface area contributed by atoms with E-state index < -0.39 is 5.97 Å². The zero-order valence-electron chi connectivity index (χ0n) is 15.2. The van der Waals surface area contributed by atoms with Crippen LogP contribution in [-0.4, -0.2) is 44.7 Å². The third-order valence-corrected chi connectivity index (χ3v) is 7.56. The molecule has 2 aliphatic rings. The molecule has 144 valence electrons. The van der Waals surface area contributed by atoms with Crippen molar-refractivity contribution >= 4 is 35.0 Å². The summed E-state index contributed by atoms with van der Waals surface area (Å²) in [5.41, 5.74) is 0. The highest BCUT2D eigenvalue weighted by molar-refractivity contribution is 8.01. The Labute approximate surface area is 163 Å². The molecule has 0 aromatic carbocycles. The molecule has 0 unspecified atom stereocenters. The van der Waals surface area contributed by atoms with Crippen LogP contribution in [0, 0.1) is 0 Å². The summed E-state index contributed by atoms with van der Waals surface area (Å²) in [5, 5.41) is 9.58. The van der Waals surface area contributed by atoms with E-state index in [4.69, 9.17) is 5.11 Å². The normalized spacial score (nSPS) is 18.9. The van der Waals surface area contributed by atoms with E-state index in [0.29, 0.717) is 24.3 Å². The average Bonchev–Trinajstić information content (AvgIpc) is 3.28. The van der Waals surface area contributed by atoms with Crippen LogP contribution in [0.5, 0.6) is 0 Å². The number of carboxylic acid groups (broad SMARTS) is 1. The first-order valence-corrected chi connectivity index (χ1v) is 11.5. The highest BCUT2D eigenvalue weighted by Crippen LogP contribution is 2.32. The fourth-order valence-corrected chi connectivity index (χ4v) is 6.17. The van der Waals surface area contributed by atoms with Gasteiger partial charge in [-0.2, -0.15) is 0 Å². The fraction of sp³-hybridized carbons (Fsp3) is 0.737. The number of amides is 1. The number of carbonyl (C=O) groups is 2. The lowest BCUT2D eigenvalue weighted by Gasteiger charge is -2.38. The molecule has 1 aromatic rings. The van der Waals surface area contributed by atoms with Gasteiger partial charge in [0.05, 0.1) is 23.2 Å². The predicted octanol–water partition coefficient (Wildman–Crippen LogP) is 4.36. The quantitative estimate of drug-likeness (QED) is 0.661. The number of thioether (sulfide) groups is 1. The maximum absolute atomic E-state index is 13.1. The van der Waals surface area contributed by atoms with Gasteiger partial charge in [-0.1, -0.05) is 32.1 Å². The molecule has 2 saturated carbocycles. The molecule has 2 aliphatic carbocycles. The van der Waals surface area contributed by atoms with E-state index >= 15 is 0 Å². The second-order valence-corrected chi connectivity index (χ2v) is 9.78. The van der Waals surface area contributed by atoms with E-state index in [-0.39, 0.29) is 12.3 Å². The summed E-state index contributed by atoms with van der Waals surface area (Å²) in [6.07, 6.45) is 13.2. The fourth-order valence-electron chi connectivity index (χ4n) is 4.15. The van der Waals surface area contributed by atoms with Gasteiger partial charge in [-0.25, -0.2) is 4.98 Å². The summed E-state index contributed by atoms with van der Waals surface area (Å²) in [6.45, 7) is 0. The smallest absolute Gasteiger partial charge is 0.304 e. The first kappa shape index (κ1) is 19.7. The van der Waals surface area contributed by atoms with Crippen LogP contribution in [0.15, 0.2) is 10.4 Å². The standard InChI is InChI=1S/C19H28N2O3S2/c22-17(12-16-20-13-19(26-16)25-11-10-18(23)24)21(15-8-4-5-9-15)14-6-2-1-3-7-14/h13-15H,1-12H2,(H,23,24). The molecule has 1 amide bonds. The molecular weight excluding hydrogens is 368 g/mol. The lowest BCUT2D eigenvalue weighted by Crippen LogP contribution is -2.47. The number of nitrogens with zero attached hydrogens (tertiary/aromatic N) is 2. The Bertz CT molecular complexity index is 608. The summed E-state index contributed by atoms with van der Waals surface area (Å²) < 4.78 is 0.999. The Morgan fingerprint density at radius 3 is 2.35 bits per heavy atom. The number of aliphatic carboxylic acids is 1. The van der Waals surface area contributed by atoms with Gasteiger partial charge in [0.25, 0.3) is 0 Å². The van der Waals surface area contributed by atoms with Gasteiger partial charge in [0.2, 0.25) is 5.91 Å². The SMILES string of the molecule is O=C(O)CCSc1cnc(CC(=O)N(C2CCCCC2)C2CCCC2)s1. The van der Waals surface area contributed by atoms with Crippen molar-refractivity contribution in [3.63, 3.8) is 0 Å². The van der Waals surface area contributed by atoms with Gasteiger partial charge in [0.15, 0.2) is 0 Å². The van der Waals surface area contributed by atoms with E-state index in [0.717, 1.165) is 34.9 Å². The van der Waals surface area contributed by atoms with Crippen molar-refractivity contribution in [2.24, 2.45) is 0 Å². The van der Waals surface area contributed by atoms with Crippen LogP contribution in [0.1, 0.15) is 69.2 Å². The Kier molecular flexibility index (Phi) is 7.37. The number of hydrogen-bond donors (Lipinski definition) is 1. The average molecular weight is 397 g/mol. The molecule has 0 spiro atoms. The summed E-state index contributed by atoms with van der Waals surface area (Å²) in [7, 11) is 0. The molecule has 2 fully saturated rings. The Balaban J connectivity index is 1.60. The number of aromatic nitrogens is 1. The van der Waals surface area contributed by atoms with Gasteiger partial charge >= 0.3 is 5.97 Å². The molecule has 0 bridgehead atoms. The maximum Gasteiger partial charge on any atom is 0.304 e. The van der Waals surface area contributed by atoms with E-state index in [1.165, 1.54) is 55.2 Å². The molecule has 1 N–H and O–H groups in total. The summed E-state index contributed by atoms with van der Waals surface area (Å²) >= 11 is 3.04. The van der Waals surface area contributed by atoms with Crippen LogP contribution in [0.25, 0.3) is 0 Å². The van der Waals surface area contributed by atoms with Crippen molar-refractivity contribution in [3.05, 3.63) is 11.2 Å². The zero-order valence-corrected chi connectivity index (χ0v) is 16.8. The van der Waals surface area contributed by atoms with E-state index in [9.17, 15) is 9.59 Å². The molecule has 0 saturated heterocycles. The minimum Gasteiger partial charge on any atom is -0.481 e. The van der Waals surface area contributed by atoms with Crippen molar-refractivity contribution in [2.75, 3.05) is 5.75 Å². The number of hydrogen-bond acceptors (Lipinski definition) is 5. The Hall–Kier alpha value is -1.08. The Morgan fingerprint density at radius 2 is 1.73 bits per heavy atom. The maximum atomic E-state index is 13.1. The third-order valence-electron chi connectivity index (χ3n) is 5.37.